The molecule has 1 N–H and O–H groups in total. The van der Waals surface area contributed by atoms with Crippen LogP contribution < -0.4 is 0 Å². The lowest BCUT2D eigenvalue weighted by molar-refractivity contribution is 0.0277. The minimum Gasteiger partial charge on any atom is -0.394 e. The van der Waals surface area contributed by atoms with Gasteiger partial charge in [0.05, 0.1) is 43.9 Å². The fourth-order valence-electron chi connectivity index (χ4n) is 25.6. The molecule has 72 heavy (non-hydrogen) atoms. The zero-order valence-corrected chi connectivity index (χ0v) is 37.4. The van der Waals surface area contributed by atoms with Gasteiger partial charge in [0.15, 0.2) is 0 Å². The van der Waals surface area contributed by atoms with E-state index in [1.807, 2.05) is 0 Å². The summed E-state index contributed by atoms with van der Waals surface area (Å²) in [5.41, 5.74) is 6.61. The highest BCUT2D eigenvalue weighted by molar-refractivity contribution is 6.82. The van der Waals surface area contributed by atoms with Gasteiger partial charge in [-0.2, -0.15) is 0 Å². The lowest BCUT2D eigenvalue weighted by Gasteiger charge is -2.48. The van der Waals surface area contributed by atoms with Crippen LogP contribution in [0, 0.1) is 0 Å². The van der Waals surface area contributed by atoms with E-state index in [1.54, 1.807) is 313 Å². The first kappa shape index (κ1) is 28.4. The van der Waals surface area contributed by atoms with Crippen molar-refractivity contribution in [2.75, 3.05) is 52.7 Å². The predicted molar refractivity (Wildman–Crippen MR) is 299 cm³/mol. The molecule has 0 amide bonds. The smallest absolute Gasteiger partial charge is 0.0701 e. The molecule has 2 atom stereocenters. The Labute approximate surface area is 394 Å². The van der Waals surface area contributed by atoms with Gasteiger partial charge in [-0.25, -0.2) is 0 Å². The monoisotopic (exact) mass is 895 g/mol. The van der Waals surface area contributed by atoms with Crippen LogP contribution in [-0.2, 0) is 20.3 Å². The molecule has 0 bridgehead atoms. The SMILES string of the molecule is OCCOCCOCCN1CC23c4c5c6c7c8c9c(c%10c%11c2c2c%12c4c4c%13c5c5c7c7c8c8c%14c9c%10c9c%10c%11c2c2c%11c%12c4c4c%12c%13c5c5c7c7c8c8c%14c9c9c%10c2c2c%11c4c4c%12c5c7c5c8c9c2c45)C63C1. The van der Waals surface area contributed by atoms with Gasteiger partial charge in [-0.15, -0.1) is 0 Å². The van der Waals surface area contributed by atoms with Gasteiger partial charge < -0.3 is 14.6 Å². The van der Waals surface area contributed by atoms with Crippen molar-refractivity contribution in [1.82, 2.24) is 4.90 Å². The molecule has 2 spiro atoms. The second-order valence-corrected chi connectivity index (χ2v) is 26.2. The topological polar surface area (TPSA) is 41.9 Å². The normalized spacial score (nSPS) is 22.6. The lowest BCUT2D eigenvalue weighted by atomic mass is 9.52. The first-order valence-electron chi connectivity index (χ1n) is 27.1. The molecule has 1 fully saturated rings. The number of ether oxygens (including phenoxy) is 2. The molecule has 312 valence electrons. The number of likely N-dealkylation sites (tertiary alicyclic amines) is 1. The number of benzene rings is 17. The van der Waals surface area contributed by atoms with Crippen molar-refractivity contribution in [3.8, 4) is 0 Å². The molecule has 0 saturated carbocycles. The van der Waals surface area contributed by atoms with Crippen molar-refractivity contribution in [2.24, 2.45) is 0 Å². The van der Waals surface area contributed by atoms with Crippen molar-refractivity contribution < 1.29 is 14.6 Å². The highest BCUT2D eigenvalue weighted by Crippen LogP contribution is 2.85. The fourth-order valence-corrected chi connectivity index (χ4v) is 25.6. The summed E-state index contributed by atoms with van der Waals surface area (Å²) in [6, 6.07) is 0. The van der Waals surface area contributed by atoms with Crippen LogP contribution in [0.5, 0.6) is 0 Å². The predicted octanol–water partition coefficient (Wildman–Crippen LogP) is 15.6. The van der Waals surface area contributed by atoms with Crippen molar-refractivity contribution >= 4 is 291 Å². The van der Waals surface area contributed by atoms with Crippen molar-refractivity contribution in [3.63, 3.8) is 0 Å². The molecule has 1 heterocycles. The molecule has 2 unspecified atom stereocenters. The molecular formula is C68H17NO3. The summed E-state index contributed by atoms with van der Waals surface area (Å²) in [5.74, 6) is 0. The lowest BCUT2D eigenvalue weighted by Crippen LogP contribution is -2.49. The Balaban J connectivity index is 1.04. The average Bonchev–Trinajstić information content (AvgIpc) is 4.36. The quantitative estimate of drug-likeness (QED) is 0.122. The molecule has 4 aliphatic carbocycles. The van der Waals surface area contributed by atoms with Crippen LogP contribution in [0.25, 0.3) is 291 Å². The molecule has 0 aromatic heterocycles. The molecule has 28 aromatic rings. The molecule has 28 aromatic carbocycles. The van der Waals surface area contributed by atoms with Crippen LogP contribution in [0.1, 0.15) is 22.3 Å². The van der Waals surface area contributed by atoms with Crippen molar-refractivity contribution in [1.29, 1.82) is 0 Å². The largest absolute Gasteiger partial charge is 0.394 e. The van der Waals surface area contributed by atoms with Crippen molar-refractivity contribution in [3.05, 3.63) is 22.3 Å². The molecule has 5 aliphatic rings. The maximum absolute atomic E-state index is 9.42. The van der Waals surface area contributed by atoms with Gasteiger partial charge in [-0.05, 0) is 313 Å². The second kappa shape index (κ2) is 6.71. The first-order chi connectivity index (χ1) is 35.9. The van der Waals surface area contributed by atoms with E-state index in [4.69, 9.17) is 9.47 Å². The summed E-state index contributed by atoms with van der Waals surface area (Å²) >= 11 is 0. The summed E-state index contributed by atoms with van der Waals surface area (Å²) in [6.45, 7) is 5.17. The van der Waals surface area contributed by atoms with E-state index in [2.05, 4.69) is 4.90 Å². The van der Waals surface area contributed by atoms with E-state index < -0.39 is 0 Å². The minimum atomic E-state index is -0.220. The van der Waals surface area contributed by atoms with Gasteiger partial charge in [0.25, 0.3) is 0 Å². The summed E-state index contributed by atoms with van der Waals surface area (Å²) in [6.07, 6.45) is 0. The molecule has 0 radical (unpaired) electrons. The first-order valence-corrected chi connectivity index (χ1v) is 27.1. The number of hydrogen-bond acceptors (Lipinski definition) is 4. The summed E-state index contributed by atoms with van der Waals surface area (Å²) in [5, 5.41) is 99.2. The van der Waals surface area contributed by atoms with E-state index >= 15 is 0 Å². The Morgan fingerprint density at radius 2 is 0.417 bits per heavy atom. The summed E-state index contributed by atoms with van der Waals surface area (Å²) < 4.78 is 12.2. The number of aliphatic hydroxyl groups is 1. The Morgan fingerprint density at radius 3 is 0.667 bits per heavy atom. The molecular weight excluding hydrogens is 879 g/mol. The van der Waals surface area contributed by atoms with Gasteiger partial charge in [0, 0.05) is 19.6 Å². The number of aliphatic hydroxyl groups excluding tert-OH is 1. The number of hydrogen-bond donors (Lipinski definition) is 1. The van der Waals surface area contributed by atoms with Crippen LogP contribution >= 0.6 is 0 Å². The van der Waals surface area contributed by atoms with E-state index in [0.29, 0.717) is 26.4 Å². The van der Waals surface area contributed by atoms with E-state index in [1.165, 1.54) is 0 Å². The maximum atomic E-state index is 9.42. The Hall–Kier alpha value is -7.70. The summed E-state index contributed by atoms with van der Waals surface area (Å²) in [7, 11) is 0. The number of nitrogens with zero attached hydrogens (tertiary/aromatic N) is 1. The Bertz CT molecular complexity index is 6890. The van der Waals surface area contributed by atoms with E-state index in [0.717, 1.165) is 19.6 Å². The van der Waals surface area contributed by atoms with Crippen LogP contribution in [0.4, 0.5) is 0 Å². The zero-order chi connectivity index (χ0) is 43.1. The molecule has 4 nitrogen and oxygen atoms in total. The highest BCUT2D eigenvalue weighted by Gasteiger charge is 2.73. The van der Waals surface area contributed by atoms with Crippen LogP contribution in [0.2, 0.25) is 0 Å². The van der Waals surface area contributed by atoms with Crippen LogP contribution in [0.15, 0.2) is 0 Å². The fraction of sp³-hybridized carbons (Fsp3) is 0.147. The third-order valence-electron chi connectivity index (χ3n) is 25.8. The molecule has 33 rings (SSSR count). The van der Waals surface area contributed by atoms with Crippen molar-refractivity contribution in [2.45, 2.75) is 10.8 Å². The second-order valence-electron chi connectivity index (χ2n) is 26.2. The number of rotatable bonds is 8. The van der Waals surface area contributed by atoms with Gasteiger partial charge in [0.1, 0.15) is 0 Å². The third kappa shape index (κ3) is 1.59. The molecule has 4 heteroatoms. The van der Waals surface area contributed by atoms with Gasteiger partial charge in [-0.1, -0.05) is 0 Å². The van der Waals surface area contributed by atoms with Gasteiger partial charge in [0.2, 0.25) is 0 Å². The standard InChI is InChI=1S/C68H17NO3/c70-2-4-72-6-5-71-3-1-69-7-67-63-56-49-37-29-20-11-9-10-12-15(11)24-31(29)39-40-32(24)30-21(12)23-19-14(10)17-16-13(9)18-22(20)35(37)43-41-27(18)25(16)33-34-26(17)28(19)42-44-36(23)38(30)50-52(40)61(60(63)51(39)49)64-57(50)55(44)59-48(42)46(34)53-45(33)47(41)58(54(43)56)65(67)62(53)66(59)68(64,67)8-69/h70H,1-8H2. The van der Waals surface area contributed by atoms with Gasteiger partial charge >= 0.3 is 0 Å². The Morgan fingerprint density at radius 1 is 0.236 bits per heavy atom. The molecule has 1 saturated heterocycles. The van der Waals surface area contributed by atoms with Gasteiger partial charge in [-0.3, -0.25) is 4.90 Å². The average molecular weight is 896 g/mol. The van der Waals surface area contributed by atoms with Crippen LogP contribution in [-0.4, -0.2) is 62.7 Å². The highest BCUT2D eigenvalue weighted by atomic mass is 16.5. The Kier molecular flexibility index (Phi) is 2.65. The third-order valence-corrected chi connectivity index (χ3v) is 25.8. The minimum absolute atomic E-state index is 0.0524. The zero-order valence-electron chi connectivity index (χ0n) is 37.4. The van der Waals surface area contributed by atoms with E-state index in [-0.39, 0.29) is 17.4 Å². The van der Waals surface area contributed by atoms with Crippen LogP contribution in [0.3, 0.4) is 0 Å². The maximum Gasteiger partial charge on any atom is 0.0701 e. The summed E-state index contributed by atoms with van der Waals surface area (Å²) in [4.78, 5) is 2.93. The van der Waals surface area contributed by atoms with E-state index in [9.17, 15) is 5.11 Å². The molecule has 1 aliphatic heterocycles.